The van der Waals surface area contributed by atoms with Gasteiger partial charge in [0, 0.05) is 13.5 Å². The van der Waals surface area contributed by atoms with Gasteiger partial charge in [-0.05, 0) is 11.8 Å². The summed E-state index contributed by atoms with van der Waals surface area (Å²) in [5.41, 5.74) is 2.89. The lowest BCUT2D eigenvalue weighted by Crippen LogP contribution is -2.19. The molecular formula is C12H14FN7O3. The highest BCUT2D eigenvalue weighted by Gasteiger charge is 2.12. The maximum atomic E-state index is 13.6. The van der Waals surface area contributed by atoms with Crippen LogP contribution in [0.2, 0.25) is 0 Å². The lowest BCUT2D eigenvalue weighted by atomic mass is 10.3. The first-order valence-corrected chi connectivity index (χ1v) is 6.57. The Kier molecular flexibility index (Phi) is 4.79. The van der Waals surface area contributed by atoms with E-state index in [1.807, 2.05) is 0 Å². The number of nitrogens with zero attached hydrogens (tertiary/aromatic N) is 6. The van der Waals surface area contributed by atoms with Gasteiger partial charge in [0.05, 0.1) is 41.4 Å². The molecule has 2 aromatic heterocycles. The second-order valence-corrected chi connectivity index (χ2v) is 4.65. The van der Waals surface area contributed by atoms with Gasteiger partial charge in [0.1, 0.15) is 0 Å². The molecule has 2 aromatic rings. The number of rotatable bonds is 6. The molecule has 0 atom stereocenters. The van der Waals surface area contributed by atoms with Crippen LogP contribution in [-0.4, -0.2) is 36.6 Å². The maximum absolute atomic E-state index is 13.6. The lowest BCUT2D eigenvalue weighted by Gasteiger charge is -1.98. The van der Waals surface area contributed by atoms with Gasteiger partial charge in [0.2, 0.25) is 11.9 Å². The van der Waals surface area contributed by atoms with Crippen LogP contribution in [0.4, 0.5) is 10.2 Å². The molecule has 0 saturated carbocycles. The highest BCUT2D eigenvalue weighted by atomic mass is 19.1. The first-order valence-electron chi connectivity index (χ1n) is 6.57. The maximum Gasteiger partial charge on any atom is 0.389 e. The molecule has 2 rings (SSSR count). The largest absolute Gasteiger partial charge is 0.389 e. The summed E-state index contributed by atoms with van der Waals surface area (Å²) >= 11 is 0. The van der Waals surface area contributed by atoms with Gasteiger partial charge in [-0.1, -0.05) is 0 Å². The summed E-state index contributed by atoms with van der Waals surface area (Å²) in [7, 11) is 1.46. The van der Waals surface area contributed by atoms with E-state index in [2.05, 4.69) is 20.7 Å². The molecular weight excluding hydrogens is 309 g/mol. The number of aryl methyl sites for hydroxylation is 3. The van der Waals surface area contributed by atoms with Gasteiger partial charge in [-0.3, -0.25) is 4.79 Å². The first-order chi connectivity index (χ1) is 10.9. The molecule has 2 heterocycles. The monoisotopic (exact) mass is 323 g/mol. The van der Waals surface area contributed by atoms with Gasteiger partial charge in [0.15, 0.2) is 0 Å². The van der Waals surface area contributed by atoms with Crippen molar-refractivity contribution < 1.29 is 14.1 Å². The Labute approximate surface area is 129 Å². The van der Waals surface area contributed by atoms with Crippen molar-refractivity contribution in [2.24, 2.45) is 12.1 Å². The number of carbonyl (C=O) groups is 1. The van der Waals surface area contributed by atoms with Gasteiger partial charge in [0.25, 0.3) is 0 Å². The Bertz CT molecular complexity index is 765. The van der Waals surface area contributed by atoms with Crippen LogP contribution < -0.4 is 5.43 Å². The smallest absolute Gasteiger partial charge is 0.358 e. The molecule has 0 radical (unpaired) electrons. The molecule has 0 aliphatic carbocycles. The van der Waals surface area contributed by atoms with E-state index < -0.39 is 16.8 Å². The summed E-state index contributed by atoms with van der Waals surface area (Å²) < 4.78 is 16.0. The molecule has 0 saturated heterocycles. The van der Waals surface area contributed by atoms with Crippen LogP contribution >= 0.6 is 0 Å². The Morgan fingerprint density at radius 3 is 2.87 bits per heavy atom. The summed E-state index contributed by atoms with van der Waals surface area (Å²) in [6, 6.07) is 1.24. The predicted octanol–water partition coefficient (Wildman–Crippen LogP) is 0.513. The van der Waals surface area contributed by atoms with Crippen molar-refractivity contribution in [1.29, 1.82) is 0 Å². The van der Waals surface area contributed by atoms with Gasteiger partial charge in [-0.2, -0.15) is 19.3 Å². The number of hydrogen-bond acceptors (Lipinski definition) is 6. The van der Waals surface area contributed by atoms with E-state index in [1.54, 1.807) is 6.92 Å². The van der Waals surface area contributed by atoms with Crippen LogP contribution in [0.3, 0.4) is 0 Å². The number of nitro groups is 1. The van der Waals surface area contributed by atoms with Crippen LogP contribution in [0, 0.1) is 23.0 Å². The zero-order chi connectivity index (χ0) is 17.0. The summed E-state index contributed by atoms with van der Waals surface area (Å²) in [6.07, 6.45) is 2.60. The van der Waals surface area contributed by atoms with E-state index in [9.17, 15) is 19.3 Å². The molecule has 0 spiro atoms. The van der Waals surface area contributed by atoms with E-state index in [1.165, 1.54) is 30.2 Å². The van der Waals surface area contributed by atoms with Gasteiger partial charge < -0.3 is 10.1 Å². The molecule has 23 heavy (non-hydrogen) atoms. The van der Waals surface area contributed by atoms with Crippen molar-refractivity contribution in [2.45, 2.75) is 19.9 Å². The Hall–Kier alpha value is -3.11. The first kappa shape index (κ1) is 16.3. The highest BCUT2D eigenvalue weighted by Crippen LogP contribution is 2.08. The van der Waals surface area contributed by atoms with E-state index >= 15 is 0 Å². The van der Waals surface area contributed by atoms with Crippen molar-refractivity contribution in [2.75, 3.05) is 0 Å². The predicted molar refractivity (Wildman–Crippen MR) is 77.1 cm³/mol. The fourth-order valence-electron chi connectivity index (χ4n) is 1.81. The van der Waals surface area contributed by atoms with Crippen molar-refractivity contribution in [3.63, 3.8) is 0 Å². The number of hydrazone groups is 1. The Balaban J connectivity index is 1.85. The van der Waals surface area contributed by atoms with Crippen LogP contribution in [-0.2, 0) is 18.4 Å². The van der Waals surface area contributed by atoms with Gasteiger partial charge >= 0.3 is 5.82 Å². The molecule has 0 fully saturated rings. The Morgan fingerprint density at radius 1 is 1.57 bits per heavy atom. The van der Waals surface area contributed by atoms with Crippen LogP contribution in [0.5, 0.6) is 0 Å². The fraction of sp³-hybridized carbons (Fsp3) is 0.333. The van der Waals surface area contributed by atoms with Crippen LogP contribution in [0.15, 0.2) is 17.4 Å². The zero-order valence-electron chi connectivity index (χ0n) is 12.4. The van der Waals surface area contributed by atoms with E-state index in [4.69, 9.17) is 0 Å². The number of halogens is 1. The SMILES string of the molecule is Cc1nn(C)c(F)c1C=NNC(=O)CCn1ccc([N+](=O)[O-])n1. The number of nitrogens with one attached hydrogen (secondary N) is 1. The molecule has 0 aromatic carbocycles. The minimum Gasteiger partial charge on any atom is -0.358 e. The number of amides is 1. The molecule has 0 aliphatic heterocycles. The van der Waals surface area contributed by atoms with Crippen molar-refractivity contribution in [3.8, 4) is 0 Å². The number of aromatic nitrogens is 4. The molecule has 0 bridgehead atoms. The number of hydrogen-bond donors (Lipinski definition) is 1. The fourth-order valence-corrected chi connectivity index (χ4v) is 1.81. The zero-order valence-corrected chi connectivity index (χ0v) is 12.4. The third-order valence-corrected chi connectivity index (χ3v) is 2.96. The molecule has 10 nitrogen and oxygen atoms in total. The molecule has 0 aliphatic rings. The standard InChI is InChI=1S/C12H14FN7O3/c1-8-9(12(13)18(2)16-8)7-14-15-11(21)4-6-19-5-3-10(17-19)20(22)23/h3,5,7H,4,6H2,1-2H3,(H,15,21). The molecule has 1 N–H and O–H groups in total. The van der Waals surface area contributed by atoms with E-state index in [0.717, 1.165) is 4.68 Å². The molecule has 1 amide bonds. The molecule has 0 unspecified atom stereocenters. The second kappa shape index (κ2) is 6.77. The average Bonchev–Trinajstić information content (AvgIpc) is 3.05. The summed E-state index contributed by atoms with van der Waals surface area (Å²) in [5.74, 6) is -1.27. The quantitative estimate of drug-likeness (QED) is 0.472. The van der Waals surface area contributed by atoms with Crippen molar-refractivity contribution in [3.05, 3.63) is 39.6 Å². The summed E-state index contributed by atoms with van der Waals surface area (Å²) in [6.45, 7) is 1.78. The number of carbonyl (C=O) groups excluding carboxylic acids is 1. The van der Waals surface area contributed by atoms with Gasteiger partial charge in [-0.15, -0.1) is 0 Å². The summed E-state index contributed by atoms with van der Waals surface area (Å²) in [5, 5.41) is 21.7. The van der Waals surface area contributed by atoms with Crippen molar-refractivity contribution in [1.82, 2.24) is 25.0 Å². The summed E-state index contributed by atoms with van der Waals surface area (Å²) in [4.78, 5) is 21.5. The third-order valence-electron chi connectivity index (χ3n) is 2.96. The van der Waals surface area contributed by atoms with Crippen LogP contribution in [0.1, 0.15) is 17.7 Å². The Morgan fingerprint density at radius 2 is 2.30 bits per heavy atom. The minimum absolute atomic E-state index is 0.0185. The van der Waals surface area contributed by atoms with Crippen LogP contribution in [0.25, 0.3) is 0 Å². The van der Waals surface area contributed by atoms with E-state index in [0.29, 0.717) is 5.69 Å². The van der Waals surface area contributed by atoms with Gasteiger partial charge in [-0.25, -0.2) is 10.1 Å². The van der Waals surface area contributed by atoms with E-state index in [-0.39, 0.29) is 24.3 Å². The molecule has 122 valence electrons. The third kappa shape index (κ3) is 3.96. The topological polar surface area (TPSA) is 120 Å². The normalized spacial score (nSPS) is 11.1. The highest BCUT2D eigenvalue weighted by molar-refractivity contribution is 5.83. The molecule has 11 heteroatoms. The minimum atomic E-state index is -0.619. The second-order valence-electron chi connectivity index (χ2n) is 4.65. The lowest BCUT2D eigenvalue weighted by molar-refractivity contribution is -0.389. The van der Waals surface area contributed by atoms with Crippen molar-refractivity contribution >= 4 is 17.9 Å². The average molecular weight is 323 g/mol.